The molecule has 132 valence electrons. The first-order valence-electron chi connectivity index (χ1n) is 8.70. The maximum atomic E-state index is 12.0. The lowest BCUT2D eigenvalue weighted by Crippen LogP contribution is -2.45. The van der Waals surface area contributed by atoms with E-state index in [-0.39, 0.29) is 18.6 Å². The van der Waals surface area contributed by atoms with Crippen molar-refractivity contribution in [1.29, 1.82) is 0 Å². The van der Waals surface area contributed by atoms with Crippen molar-refractivity contribution in [2.24, 2.45) is 11.8 Å². The monoisotopic (exact) mass is 333 g/mol. The second-order valence-electron chi connectivity index (χ2n) is 6.47. The van der Waals surface area contributed by atoms with Gasteiger partial charge in [0.1, 0.15) is 5.75 Å². The first kappa shape index (κ1) is 18.3. The number of amides is 1. The fourth-order valence-corrected chi connectivity index (χ4v) is 3.10. The molecule has 0 radical (unpaired) electrons. The van der Waals surface area contributed by atoms with E-state index in [4.69, 9.17) is 9.47 Å². The van der Waals surface area contributed by atoms with Crippen LogP contribution in [0.3, 0.4) is 0 Å². The van der Waals surface area contributed by atoms with Crippen LogP contribution < -0.4 is 10.1 Å². The molecule has 24 heavy (non-hydrogen) atoms. The van der Waals surface area contributed by atoms with Crippen LogP contribution in [0.25, 0.3) is 0 Å². The van der Waals surface area contributed by atoms with Crippen LogP contribution in [0.2, 0.25) is 0 Å². The van der Waals surface area contributed by atoms with Crippen molar-refractivity contribution in [2.75, 3.05) is 13.2 Å². The van der Waals surface area contributed by atoms with Gasteiger partial charge in [-0.3, -0.25) is 4.79 Å². The van der Waals surface area contributed by atoms with Gasteiger partial charge in [0.05, 0.1) is 12.2 Å². The van der Waals surface area contributed by atoms with Crippen LogP contribution in [0.1, 0.15) is 50.4 Å². The summed E-state index contributed by atoms with van der Waals surface area (Å²) >= 11 is 0. The summed E-state index contributed by atoms with van der Waals surface area (Å²) in [7, 11) is 0. The van der Waals surface area contributed by atoms with Gasteiger partial charge < -0.3 is 14.8 Å². The SMILES string of the molecule is CCOc1ccc(C(=O)OCC(=O)N[C@@H]2CCC[C@@H](C)[C@H]2C)cc1. The van der Waals surface area contributed by atoms with E-state index in [1.165, 1.54) is 6.42 Å². The predicted molar refractivity (Wildman–Crippen MR) is 92.0 cm³/mol. The Labute approximate surface area is 143 Å². The van der Waals surface area contributed by atoms with Crippen LogP contribution in [0.4, 0.5) is 0 Å². The largest absolute Gasteiger partial charge is 0.494 e. The minimum absolute atomic E-state index is 0.172. The number of ether oxygens (including phenoxy) is 2. The predicted octanol–water partition coefficient (Wildman–Crippen LogP) is 3.18. The molecule has 2 rings (SSSR count). The molecule has 0 aliphatic heterocycles. The molecule has 1 aromatic rings. The van der Waals surface area contributed by atoms with Crippen molar-refractivity contribution >= 4 is 11.9 Å². The zero-order chi connectivity index (χ0) is 17.5. The number of carbonyl (C=O) groups is 2. The smallest absolute Gasteiger partial charge is 0.338 e. The molecule has 0 spiro atoms. The first-order chi connectivity index (χ1) is 11.5. The van der Waals surface area contributed by atoms with E-state index >= 15 is 0 Å². The van der Waals surface area contributed by atoms with Crippen molar-refractivity contribution in [1.82, 2.24) is 5.32 Å². The van der Waals surface area contributed by atoms with Crippen LogP contribution in [0, 0.1) is 11.8 Å². The molecule has 0 bridgehead atoms. The summed E-state index contributed by atoms with van der Waals surface area (Å²) in [6.07, 6.45) is 3.33. The van der Waals surface area contributed by atoms with Gasteiger partial charge in [0.2, 0.25) is 0 Å². The summed E-state index contributed by atoms with van der Waals surface area (Å²) in [6, 6.07) is 6.87. The minimum Gasteiger partial charge on any atom is -0.494 e. The number of nitrogens with one attached hydrogen (secondary N) is 1. The summed E-state index contributed by atoms with van der Waals surface area (Å²) in [5.41, 5.74) is 0.408. The summed E-state index contributed by atoms with van der Waals surface area (Å²) in [6.45, 7) is 6.61. The molecular weight excluding hydrogens is 306 g/mol. The van der Waals surface area contributed by atoms with Gasteiger partial charge in [0, 0.05) is 6.04 Å². The molecular formula is C19H27NO4. The molecule has 1 amide bonds. The van der Waals surface area contributed by atoms with Crippen molar-refractivity contribution in [2.45, 2.75) is 46.1 Å². The lowest BCUT2D eigenvalue weighted by molar-refractivity contribution is -0.125. The Morgan fingerprint density at radius 3 is 2.54 bits per heavy atom. The summed E-state index contributed by atoms with van der Waals surface area (Å²) in [4.78, 5) is 24.0. The Hall–Kier alpha value is -2.04. The molecule has 3 atom stereocenters. The summed E-state index contributed by atoms with van der Waals surface area (Å²) in [5, 5.41) is 3.00. The highest BCUT2D eigenvalue weighted by molar-refractivity contribution is 5.91. The van der Waals surface area contributed by atoms with Gasteiger partial charge >= 0.3 is 5.97 Å². The van der Waals surface area contributed by atoms with Gasteiger partial charge in [-0.15, -0.1) is 0 Å². The molecule has 0 aromatic heterocycles. The molecule has 0 saturated heterocycles. The highest BCUT2D eigenvalue weighted by Gasteiger charge is 2.28. The third-order valence-corrected chi connectivity index (χ3v) is 4.79. The van der Waals surface area contributed by atoms with E-state index in [1.807, 2.05) is 6.92 Å². The van der Waals surface area contributed by atoms with E-state index in [0.717, 1.165) is 12.8 Å². The van der Waals surface area contributed by atoms with Gasteiger partial charge in [0.15, 0.2) is 6.61 Å². The molecule has 5 heteroatoms. The maximum absolute atomic E-state index is 12.0. The van der Waals surface area contributed by atoms with Crippen LogP contribution in [-0.2, 0) is 9.53 Å². The quantitative estimate of drug-likeness (QED) is 0.812. The zero-order valence-electron chi connectivity index (χ0n) is 14.7. The maximum Gasteiger partial charge on any atom is 0.338 e. The van der Waals surface area contributed by atoms with Gasteiger partial charge in [-0.2, -0.15) is 0 Å². The summed E-state index contributed by atoms with van der Waals surface area (Å²) < 4.78 is 10.4. The standard InChI is InChI=1S/C19H27NO4/c1-4-23-16-10-8-15(9-11-16)19(22)24-12-18(21)20-17-7-5-6-13(2)14(17)3/h8-11,13-14,17H,4-7,12H2,1-3H3,(H,20,21)/t13-,14-,17-/m1/s1. The van der Waals surface area contributed by atoms with Gasteiger partial charge in [0.25, 0.3) is 5.91 Å². The van der Waals surface area contributed by atoms with E-state index in [9.17, 15) is 9.59 Å². The topological polar surface area (TPSA) is 64.6 Å². The average molecular weight is 333 g/mol. The highest BCUT2D eigenvalue weighted by Crippen LogP contribution is 2.29. The Kier molecular flexibility index (Phi) is 6.64. The number of carbonyl (C=O) groups excluding carboxylic acids is 2. The fraction of sp³-hybridized carbons (Fsp3) is 0.579. The third kappa shape index (κ3) is 4.98. The van der Waals surface area contributed by atoms with Crippen LogP contribution in [0.15, 0.2) is 24.3 Å². The van der Waals surface area contributed by atoms with Crippen molar-refractivity contribution < 1.29 is 19.1 Å². The van der Waals surface area contributed by atoms with E-state index in [1.54, 1.807) is 24.3 Å². The second-order valence-corrected chi connectivity index (χ2v) is 6.47. The molecule has 1 aliphatic carbocycles. The van der Waals surface area contributed by atoms with Crippen molar-refractivity contribution in [3.63, 3.8) is 0 Å². The first-order valence-corrected chi connectivity index (χ1v) is 8.70. The number of hydrogen-bond acceptors (Lipinski definition) is 4. The van der Waals surface area contributed by atoms with Crippen LogP contribution >= 0.6 is 0 Å². The number of benzene rings is 1. The van der Waals surface area contributed by atoms with Gasteiger partial charge in [-0.25, -0.2) is 4.79 Å². The van der Waals surface area contributed by atoms with E-state index in [2.05, 4.69) is 19.2 Å². The van der Waals surface area contributed by atoms with E-state index < -0.39 is 5.97 Å². The number of esters is 1. The average Bonchev–Trinajstić information content (AvgIpc) is 2.58. The molecule has 1 saturated carbocycles. The molecule has 1 N–H and O–H groups in total. The number of rotatable bonds is 6. The van der Waals surface area contributed by atoms with Crippen molar-refractivity contribution in [3.8, 4) is 5.75 Å². The molecule has 1 fully saturated rings. The Morgan fingerprint density at radius 2 is 1.88 bits per heavy atom. The number of hydrogen-bond donors (Lipinski definition) is 1. The fourth-order valence-electron chi connectivity index (χ4n) is 3.10. The molecule has 1 aromatic carbocycles. The molecule has 5 nitrogen and oxygen atoms in total. The third-order valence-electron chi connectivity index (χ3n) is 4.79. The van der Waals surface area contributed by atoms with E-state index in [0.29, 0.717) is 29.8 Å². The lowest BCUT2D eigenvalue weighted by Gasteiger charge is -2.34. The molecule has 1 aliphatic rings. The Bertz CT molecular complexity index is 555. The van der Waals surface area contributed by atoms with Crippen LogP contribution in [0.5, 0.6) is 5.75 Å². The second kappa shape index (κ2) is 8.71. The van der Waals surface area contributed by atoms with Crippen LogP contribution in [-0.4, -0.2) is 31.1 Å². The highest BCUT2D eigenvalue weighted by atomic mass is 16.5. The molecule has 0 heterocycles. The normalized spacial score (nSPS) is 23.4. The lowest BCUT2D eigenvalue weighted by atomic mass is 9.78. The van der Waals surface area contributed by atoms with Gasteiger partial charge in [-0.1, -0.05) is 26.7 Å². The zero-order valence-corrected chi connectivity index (χ0v) is 14.7. The Morgan fingerprint density at radius 1 is 1.17 bits per heavy atom. The Balaban J connectivity index is 1.79. The summed E-state index contributed by atoms with van der Waals surface area (Å²) in [5.74, 6) is 1.02. The minimum atomic E-state index is -0.502. The molecule has 0 unspecified atom stereocenters. The van der Waals surface area contributed by atoms with Gasteiger partial charge in [-0.05, 0) is 49.4 Å². The van der Waals surface area contributed by atoms with Crippen molar-refractivity contribution in [3.05, 3.63) is 29.8 Å².